The van der Waals surface area contributed by atoms with Gasteiger partial charge in [-0.25, -0.2) is 0 Å². The SMILES string of the molecule is O=C(COCC=C1C[C@H]2C[C@@H](O)[C@H](C=C[C@@H](O)C3CCCC3)[C@H]2C1)N1CCCCC1. The number of carbonyl (C=O) groups excluding carboxylic acids is 1. The van der Waals surface area contributed by atoms with Gasteiger partial charge in [0.25, 0.3) is 0 Å². The minimum absolute atomic E-state index is 0.116. The minimum atomic E-state index is -0.360. The van der Waals surface area contributed by atoms with Crippen molar-refractivity contribution in [3.8, 4) is 0 Å². The van der Waals surface area contributed by atoms with Crippen molar-refractivity contribution in [2.45, 2.75) is 76.4 Å². The van der Waals surface area contributed by atoms with E-state index in [1.807, 2.05) is 11.0 Å². The maximum atomic E-state index is 12.2. The molecule has 1 aliphatic heterocycles. The van der Waals surface area contributed by atoms with Crippen LogP contribution in [0.4, 0.5) is 0 Å². The van der Waals surface area contributed by atoms with Crippen LogP contribution in [0.3, 0.4) is 0 Å². The molecule has 0 unspecified atom stereocenters. The zero-order chi connectivity index (χ0) is 20.9. The molecule has 0 spiro atoms. The lowest BCUT2D eigenvalue weighted by molar-refractivity contribution is -0.136. The fourth-order valence-electron chi connectivity index (χ4n) is 6.20. The number of piperidine rings is 1. The first-order chi connectivity index (χ1) is 14.6. The summed E-state index contributed by atoms with van der Waals surface area (Å²) in [6.07, 6.45) is 16.6. The molecule has 1 heterocycles. The summed E-state index contributed by atoms with van der Waals surface area (Å²) in [5.74, 6) is 1.66. The summed E-state index contributed by atoms with van der Waals surface area (Å²) in [6, 6.07) is 0. The van der Waals surface area contributed by atoms with Gasteiger partial charge < -0.3 is 19.8 Å². The zero-order valence-electron chi connectivity index (χ0n) is 18.3. The fourth-order valence-corrected chi connectivity index (χ4v) is 6.20. The first-order valence-corrected chi connectivity index (χ1v) is 12.2. The van der Waals surface area contributed by atoms with Crippen molar-refractivity contribution >= 4 is 5.91 Å². The second-order valence-corrected chi connectivity index (χ2v) is 9.95. The van der Waals surface area contributed by atoms with Crippen LogP contribution < -0.4 is 0 Å². The average Bonchev–Trinajstić information content (AvgIpc) is 3.47. The Labute approximate surface area is 181 Å². The largest absolute Gasteiger partial charge is 0.392 e. The molecule has 0 bridgehead atoms. The molecule has 4 rings (SSSR count). The lowest BCUT2D eigenvalue weighted by Gasteiger charge is -2.26. The van der Waals surface area contributed by atoms with E-state index in [-0.39, 0.29) is 30.6 Å². The molecule has 5 nitrogen and oxygen atoms in total. The van der Waals surface area contributed by atoms with E-state index >= 15 is 0 Å². The average molecular weight is 418 g/mol. The quantitative estimate of drug-likeness (QED) is 0.492. The van der Waals surface area contributed by atoms with Crippen LogP contribution in [-0.4, -0.2) is 59.5 Å². The first kappa shape index (κ1) is 22.0. The van der Waals surface area contributed by atoms with Gasteiger partial charge >= 0.3 is 0 Å². The van der Waals surface area contributed by atoms with Crippen molar-refractivity contribution in [1.29, 1.82) is 0 Å². The Morgan fingerprint density at radius 1 is 1.13 bits per heavy atom. The summed E-state index contributed by atoms with van der Waals surface area (Å²) >= 11 is 0. The monoisotopic (exact) mass is 417 g/mol. The highest BCUT2D eigenvalue weighted by Gasteiger charge is 2.45. The van der Waals surface area contributed by atoms with E-state index in [1.54, 1.807) is 0 Å². The summed E-state index contributed by atoms with van der Waals surface area (Å²) in [5.41, 5.74) is 1.40. The van der Waals surface area contributed by atoms with Crippen molar-refractivity contribution in [2.75, 3.05) is 26.3 Å². The molecule has 5 atom stereocenters. The van der Waals surface area contributed by atoms with Gasteiger partial charge in [-0.3, -0.25) is 4.79 Å². The van der Waals surface area contributed by atoms with Crippen molar-refractivity contribution in [3.63, 3.8) is 0 Å². The van der Waals surface area contributed by atoms with Crippen LogP contribution in [0.15, 0.2) is 23.8 Å². The van der Waals surface area contributed by atoms with E-state index in [0.29, 0.717) is 24.4 Å². The number of fused-ring (bicyclic) bond motifs is 1. The van der Waals surface area contributed by atoms with E-state index in [4.69, 9.17) is 4.74 Å². The summed E-state index contributed by atoms with van der Waals surface area (Å²) in [4.78, 5) is 14.1. The van der Waals surface area contributed by atoms with Crippen LogP contribution >= 0.6 is 0 Å². The van der Waals surface area contributed by atoms with E-state index in [2.05, 4.69) is 12.2 Å². The maximum absolute atomic E-state index is 12.2. The number of amides is 1. The lowest BCUT2D eigenvalue weighted by atomic mass is 9.89. The van der Waals surface area contributed by atoms with Crippen LogP contribution in [0, 0.1) is 23.7 Å². The van der Waals surface area contributed by atoms with Crippen molar-refractivity contribution in [3.05, 3.63) is 23.8 Å². The summed E-state index contributed by atoms with van der Waals surface area (Å²) < 4.78 is 5.65. The molecule has 1 amide bonds. The van der Waals surface area contributed by atoms with Gasteiger partial charge in [0.2, 0.25) is 5.91 Å². The predicted molar refractivity (Wildman–Crippen MR) is 117 cm³/mol. The third-order valence-electron chi connectivity index (χ3n) is 7.95. The van der Waals surface area contributed by atoms with Gasteiger partial charge in [0.05, 0.1) is 18.8 Å². The smallest absolute Gasteiger partial charge is 0.248 e. The van der Waals surface area contributed by atoms with Gasteiger partial charge in [-0.1, -0.05) is 36.6 Å². The lowest BCUT2D eigenvalue weighted by Crippen LogP contribution is -2.38. The van der Waals surface area contributed by atoms with Gasteiger partial charge in [-0.15, -0.1) is 0 Å². The molecule has 5 heteroatoms. The second-order valence-electron chi connectivity index (χ2n) is 9.95. The Bertz CT molecular complexity index is 633. The number of hydrogen-bond acceptors (Lipinski definition) is 4. The Morgan fingerprint density at radius 3 is 2.67 bits per heavy atom. The highest BCUT2D eigenvalue weighted by Crippen LogP contribution is 2.50. The molecule has 0 aromatic carbocycles. The van der Waals surface area contributed by atoms with Crippen molar-refractivity contribution in [2.24, 2.45) is 23.7 Å². The summed E-state index contributed by atoms with van der Waals surface area (Å²) in [5, 5.41) is 21.0. The standard InChI is InChI=1S/C25H39NO4/c27-23(19-6-2-3-7-19)9-8-21-22-15-18(14-20(22)16-24(21)28)10-13-30-17-25(29)26-11-4-1-5-12-26/h8-10,19-24,27-28H,1-7,11-17H2/t20-,21+,22-,23+,24+/m0/s1. The van der Waals surface area contributed by atoms with E-state index in [0.717, 1.165) is 58.0 Å². The van der Waals surface area contributed by atoms with Gasteiger partial charge in [0, 0.05) is 19.0 Å². The molecule has 0 aromatic heterocycles. The Hall–Kier alpha value is -1.17. The number of ether oxygens (including phenoxy) is 1. The molecule has 4 aliphatic rings. The summed E-state index contributed by atoms with van der Waals surface area (Å²) in [6.45, 7) is 2.43. The van der Waals surface area contributed by atoms with Crippen molar-refractivity contribution < 1.29 is 19.7 Å². The Morgan fingerprint density at radius 2 is 1.90 bits per heavy atom. The van der Waals surface area contributed by atoms with Crippen LogP contribution in [-0.2, 0) is 9.53 Å². The number of carbonyl (C=O) groups is 1. The van der Waals surface area contributed by atoms with Crippen LogP contribution in [0.25, 0.3) is 0 Å². The first-order valence-electron chi connectivity index (χ1n) is 12.2. The van der Waals surface area contributed by atoms with E-state index in [9.17, 15) is 15.0 Å². The summed E-state index contributed by atoms with van der Waals surface area (Å²) in [7, 11) is 0. The molecule has 30 heavy (non-hydrogen) atoms. The van der Waals surface area contributed by atoms with Gasteiger partial charge in [-0.2, -0.15) is 0 Å². The van der Waals surface area contributed by atoms with Gasteiger partial charge in [0.1, 0.15) is 6.61 Å². The number of rotatable bonds is 7. The zero-order valence-corrected chi connectivity index (χ0v) is 18.3. The van der Waals surface area contributed by atoms with Gasteiger partial charge in [0.15, 0.2) is 0 Å². The molecular formula is C25H39NO4. The number of allylic oxidation sites excluding steroid dienone is 1. The highest BCUT2D eigenvalue weighted by atomic mass is 16.5. The number of aliphatic hydroxyl groups is 2. The molecule has 0 aromatic rings. The molecular weight excluding hydrogens is 378 g/mol. The van der Waals surface area contributed by atoms with E-state index < -0.39 is 0 Å². The minimum Gasteiger partial charge on any atom is -0.392 e. The van der Waals surface area contributed by atoms with E-state index in [1.165, 1.54) is 24.8 Å². The van der Waals surface area contributed by atoms with Crippen LogP contribution in [0.5, 0.6) is 0 Å². The van der Waals surface area contributed by atoms with Crippen molar-refractivity contribution in [1.82, 2.24) is 4.90 Å². The third kappa shape index (κ3) is 5.35. The molecule has 2 N–H and O–H groups in total. The highest BCUT2D eigenvalue weighted by molar-refractivity contribution is 5.77. The molecule has 4 fully saturated rings. The number of likely N-dealkylation sites (tertiary alicyclic amines) is 1. The number of nitrogens with zero attached hydrogens (tertiary/aromatic N) is 1. The molecule has 3 aliphatic carbocycles. The molecule has 3 saturated carbocycles. The van der Waals surface area contributed by atoms with Crippen LogP contribution in [0.2, 0.25) is 0 Å². The Balaban J connectivity index is 1.22. The fraction of sp³-hybridized carbons (Fsp3) is 0.800. The molecule has 0 radical (unpaired) electrons. The number of hydrogen-bond donors (Lipinski definition) is 2. The Kier molecular flexibility index (Phi) is 7.66. The topological polar surface area (TPSA) is 70.0 Å². The van der Waals surface area contributed by atoms with Gasteiger partial charge in [-0.05, 0) is 69.1 Å². The molecule has 1 saturated heterocycles. The second kappa shape index (κ2) is 10.4. The maximum Gasteiger partial charge on any atom is 0.248 e. The molecule has 168 valence electrons. The normalized spacial score (nSPS) is 34.9. The third-order valence-corrected chi connectivity index (χ3v) is 7.95. The number of aliphatic hydroxyl groups excluding tert-OH is 2. The predicted octanol–water partition coefficient (Wildman–Crippen LogP) is 3.46. The van der Waals surface area contributed by atoms with Crippen LogP contribution in [0.1, 0.15) is 64.2 Å².